The molecule has 0 radical (unpaired) electrons. The van der Waals surface area contributed by atoms with Crippen molar-refractivity contribution >= 4 is 0 Å². The molecule has 0 unspecified atom stereocenters. The fourth-order valence-corrected chi connectivity index (χ4v) is 1.05. The Balaban J connectivity index is -0.000000449. The number of unbranched alkanes of at least 4 members (excludes halogenated alkanes) is 4. The van der Waals surface area contributed by atoms with Gasteiger partial charge < -0.3 is 15.9 Å². The largest absolute Gasteiger partial charge is 0.412 e. The molecule has 0 saturated carbocycles. The molecule has 5 heteroatoms. The molecule has 0 rings (SSSR count). The zero-order valence-electron chi connectivity index (χ0n) is 10.0. The molecule has 0 aromatic heterocycles. The highest BCUT2D eigenvalue weighted by Gasteiger charge is 1.89. The van der Waals surface area contributed by atoms with E-state index in [9.17, 15) is 0 Å². The monoisotopic (exact) mass is 223 g/mol. The van der Waals surface area contributed by atoms with Crippen molar-refractivity contribution < 1.29 is 10.2 Å². The zero-order chi connectivity index (χ0) is 11.1. The molecule has 96 valence electrons. The van der Waals surface area contributed by atoms with Crippen molar-refractivity contribution in [2.45, 2.75) is 45.4 Å². The third-order valence-corrected chi connectivity index (χ3v) is 1.89. The van der Waals surface area contributed by atoms with E-state index < -0.39 is 0 Å². The molecular formula is C10H29N3O2. The topological polar surface area (TPSA) is 119 Å². The van der Waals surface area contributed by atoms with E-state index >= 15 is 0 Å². The molecule has 0 saturated heterocycles. The molecule has 8 N–H and O–H groups in total. The quantitative estimate of drug-likeness (QED) is 0.296. The standard InChI is InChI=1S/C10H23NO.H4N2.H2O/c1-2-3-9-12-10-7-5-4-6-8-11;1-2;/h2-11H2,1H3;1-2H2;1H2. The van der Waals surface area contributed by atoms with Gasteiger partial charge in [0.1, 0.15) is 0 Å². The molecule has 5 nitrogen and oxygen atoms in total. The van der Waals surface area contributed by atoms with Crippen LogP contribution < -0.4 is 17.4 Å². The van der Waals surface area contributed by atoms with E-state index in [1.54, 1.807) is 0 Å². The maximum atomic E-state index is 5.42. The first-order valence-corrected chi connectivity index (χ1v) is 5.53. The third-order valence-electron chi connectivity index (χ3n) is 1.89. The summed E-state index contributed by atoms with van der Waals surface area (Å²) < 4.78 is 5.42. The molecule has 0 bridgehead atoms. The van der Waals surface area contributed by atoms with Crippen LogP contribution in [0.2, 0.25) is 0 Å². The highest BCUT2D eigenvalue weighted by molar-refractivity contribution is 4.43. The SMILES string of the molecule is CCCCOCCCCCCN.NN.O. The first-order valence-electron chi connectivity index (χ1n) is 5.53. The summed E-state index contributed by atoms with van der Waals surface area (Å²) in [6, 6.07) is 0. The van der Waals surface area contributed by atoms with Crippen LogP contribution in [0.3, 0.4) is 0 Å². The number of ether oxygens (including phenoxy) is 1. The van der Waals surface area contributed by atoms with E-state index in [1.807, 2.05) is 0 Å². The highest BCUT2D eigenvalue weighted by atomic mass is 16.5. The Morgan fingerprint density at radius 3 is 1.93 bits per heavy atom. The van der Waals surface area contributed by atoms with E-state index in [-0.39, 0.29) is 5.48 Å². The Labute approximate surface area is 93.6 Å². The molecule has 0 heterocycles. The van der Waals surface area contributed by atoms with Crippen LogP contribution in [0.25, 0.3) is 0 Å². The van der Waals surface area contributed by atoms with Crippen LogP contribution in [0.4, 0.5) is 0 Å². The number of hydrogen-bond donors (Lipinski definition) is 3. The molecule has 0 aromatic rings. The van der Waals surface area contributed by atoms with Gasteiger partial charge in [-0.1, -0.05) is 26.2 Å². The Bertz CT molecular complexity index is 75.1. The predicted octanol–water partition coefficient (Wildman–Crippen LogP) is 0.316. The summed E-state index contributed by atoms with van der Waals surface area (Å²) in [5, 5.41) is 0. The lowest BCUT2D eigenvalue weighted by molar-refractivity contribution is 0.127. The zero-order valence-corrected chi connectivity index (χ0v) is 10.0. The van der Waals surface area contributed by atoms with E-state index in [0.29, 0.717) is 0 Å². The summed E-state index contributed by atoms with van der Waals surface area (Å²) in [5.41, 5.74) is 5.38. The Hall–Kier alpha value is -0.200. The lowest BCUT2D eigenvalue weighted by atomic mass is 10.2. The molecular weight excluding hydrogens is 194 g/mol. The molecule has 0 aliphatic carbocycles. The Morgan fingerprint density at radius 1 is 0.867 bits per heavy atom. The first kappa shape index (κ1) is 20.2. The molecule has 0 amide bonds. The van der Waals surface area contributed by atoms with E-state index in [0.717, 1.165) is 26.2 Å². The number of rotatable bonds is 9. The second-order valence-electron chi connectivity index (χ2n) is 3.17. The van der Waals surface area contributed by atoms with Crippen LogP contribution in [0, 0.1) is 0 Å². The van der Waals surface area contributed by atoms with Crippen LogP contribution in [0.1, 0.15) is 45.4 Å². The van der Waals surface area contributed by atoms with Crippen molar-refractivity contribution in [1.29, 1.82) is 0 Å². The maximum Gasteiger partial charge on any atom is 0.0466 e. The van der Waals surface area contributed by atoms with Crippen LogP contribution in [0.5, 0.6) is 0 Å². The second kappa shape index (κ2) is 23.5. The van der Waals surface area contributed by atoms with Crippen LogP contribution in [0.15, 0.2) is 0 Å². The molecule has 15 heavy (non-hydrogen) atoms. The van der Waals surface area contributed by atoms with E-state index in [4.69, 9.17) is 10.5 Å². The molecule has 0 aliphatic heterocycles. The predicted molar refractivity (Wildman–Crippen MR) is 65.2 cm³/mol. The van der Waals surface area contributed by atoms with Crippen molar-refractivity contribution in [2.75, 3.05) is 19.8 Å². The van der Waals surface area contributed by atoms with Crippen LogP contribution >= 0.6 is 0 Å². The van der Waals surface area contributed by atoms with E-state index in [1.165, 1.54) is 32.1 Å². The molecule has 0 aromatic carbocycles. The van der Waals surface area contributed by atoms with Gasteiger partial charge in [0.25, 0.3) is 0 Å². The summed E-state index contributed by atoms with van der Waals surface area (Å²) in [5.74, 6) is 8.00. The van der Waals surface area contributed by atoms with Crippen molar-refractivity contribution in [3.05, 3.63) is 0 Å². The highest BCUT2D eigenvalue weighted by Crippen LogP contribution is 1.99. The number of hydrogen-bond acceptors (Lipinski definition) is 4. The Kier molecular flexibility index (Phi) is 31.8. The minimum Gasteiger partial charge on any atom is -0.412 e. The summed E-state index contributed by atoms with van der Waals surface area (Å²) in [7, 11) is 0. The van der Waals surface area contributed by atoms with Gasteiger partial charge in [0.05, 0.1) is 0 Å². The molecule has 0 atom stereocenters. The summed E-state index contributed by atoms with van der Waals surface area (Å²) >= 11 is 0. The minimum atomic E-state index is 0. The maximum absolute atomic E-state index is 5.42. The normalized spacial score (nSPS) is 8.80. The van der Waals surface area contributed by atoms with Crippen molar-refractivity contribution in [3.63, 3.8) is 0 Å². The average molecular weight is 223 g/mol. The fourth-order valence-electron chi connectivity index (χ4n) is 1.05. The van der Waals surface area contributed by atoms with Gasteiger partial charge in [-0.05, 0) is 25.8 Å². The average Bonchev–Trinajstić information content (AvgIpc) is 2.25. The van der Waals surface area contributed by atoms with Crippen LogP contribution in [-0.2, 0) is 4.74 Å². The van der Waals surface area contributed by atoms with Gasteiger partial charge in [-0.15, -0.1) is 0 Å². The van der Waals surface area contributed by atoms with Crippen LogP contribution in [-0.4, -0.2) is 25.2 Å². The number of nitrogens with two attached hydrogens (primary N) is 3. The van der Waals surface area contributed by atoms with Gasteiger partial charge >= 0.3 is 0 Å². The number of hydrazine groups is 1. The first-order chi connectivity index (χ1) is 6.91. The lowest BCUT2D eigenvalue weighted by Crippen LogP contribution is -2.02. The van der Waals surface area contributed by atoms with Crippen molar-refractivity contribution in [3.8, 4) is 0 Å². The van der Waals surface area contributed by atoms with E-state index in [2.05, 4.69) is 18.6 Å². The summed E-state index contributed by atoms with van der Waals surface area (Å²) in [4.78, 5) is 0. The van der Waals surface area contributed by atoms with Crippen molar-refractivity contribution in [2.24, 2.45) is 17.4 Å². The lowest BCUT2D eigenvalue weighted by Gasteiger charge is -2.02. The fraction of sp³-hybridized carbons (Fsp3) is 1.00. The molecule has 0 aliphatic rings. The second-order valence-corrected chi connectivity index (χ2v) is 3.17. The Morgan fingerprint density at radius 2 is 1.40 bits per heavy atom. The minimum absolute atomic E-state index is 0. The smallest absolute Gasteiger partial charge is 0.0466 e. The van der Waals surface area contributed by atoms with Gasteiger partial charge in [0.2, 0.25) is 0 Å². The van der Waals surface area contributed by atoms with Gasteiger partial charge in [-0.3, -0.25) is 11.7 Å². The molecule has 0 fully saturated rings. The van der Waals surface area contributed by atoms with Gasteiger partial charge in [0, 0.05) is 13.2 Å². The van der Waals surface area contributed by atoms with Gasteiger partial charge in [-0.25, -0.2) is 0 Å². The molecule has 0 spiro atoms. The van der Waals surface area contributed by atoms with Gasteiger partial charge in [0.15, 0.2) is 0 Å². The van der Waals surface area contributed by atoms with Crippen molar-refractivity contribution in [1.82, 2.24) is 0 Å². The third kappa shape index (κ3) is 24.8. The summed E-state index contributed by atoms with van der Waals surface area (Å²) in [6.07, 6.45) is 7.31. The van der Waals surface area contributed by atoms with Gasteiger partial charge in [-0.2, -0.15) is 0 Å². The summed E-state index contributed by atoms with van der Waals surface area (Å²) in [6.45, 7) is 4.89.